The highest BCUT2D eigenvalue weighted by Gasteiger charge is 2.28. The van der Waals surface area contributed by atoms with Crippen LogP contribution in [-0.2, 0) is 19.1 Å². The lowest BCUT2D eigenvalue weighted by atomic mass is 10.1. The van der Waals surface area contributed by atoms with Crippen molar-refractivity contribution in [2.24, 2.45) is 5.73 Å². The summed E-state index contributed by atoms with van der Waals surface area (Å²) in [5.74, 6) is -3.21. The highest BCUT2D eigenvalue weighted by Crippen LogP contribution is 2.14. The van der Waals surface area contributed by atoms with Crippen LogP contribution in [0.2, 0.25) is 0 Å². The summed E-state index contributed by atoms with van der Waals surface area (Å²) < 4.78 is 39.2. The largest absolute Gasteiger partial charge is 0.480 e. The van der Waals surface area contributed by atoms with Crippen LogP contribution in [0.1, 0.15) is 12.8 Å². The molecule has 0 saturated heterocycles. The van der Waals surface area contributed by atoms with E-state index in [9.17, 15) is 27.6 Å². The molecule has 0 fully saturated rings. The van der Waals surface area contributed by atoms with E-state index in [-0.39, 0.29) is 12.8 Å². The maximum Gasteiger partial charge on any atom is 0.411 e. The first-order valence-electron chi connectivity index (χ1n) is 5.07. The van der Waals surface area contributed by atoms with Gasteiger partial charge in [0.05, 0.1) is 0 Å². The number of carbonyl (C=O) groups excluding carboxylic acids is 2. The van der Waals surface area contributed by atoms with E-state index in [0.717, 1.165) is 0 Å². The normalized spacial score (nSPS) is 12.8. The lowest BCUT2D eigenvalue weighted by molar-refractivity contribution is -0.176. The Balaban J connectivity index is 4.10. The average molecular weight is 286 g/mol. The standard InChI is InChI=1S/C9H13F3N2O5/c10-9(11,12)4-19-3-7(16)14-5(8(17)18)1-2-6(13)15/h5H,1-4H2,(H2,13,15)(H,14,16)(H,17,18)/t5-/m1/s1. The van der Waals surface area contributed by atoms with Crippen molar-refractivity contribution in [3.05, 3.63) is 0 Å². The van der Waals surface area contributed by atoms with Gasteiger partial charge >= 0.3 is 12.1 Å². The number of carboxylic acids is 1. The molecule has 0 unspecified atom stereocenters. The van der Waals surface area contributed by atoms with Gasteiger partial charge in [0.15, 0.2) is 0 Å². The van der Waals surface area contributed by atoms with Crippen molar-refractivity contribution < 1.29 is 37.4 Å². The number of halogens is 3. The van der Waals surface area contributed by atoms with Gasteiger partial charge in [-0.25, -0.2) is 4.79 Å². The lowest BCUT2D eigenvalue weighted by Crippen LogP contribution is -2.43. The Morgan fingerprint density at radius 1 is 1.32 bits per heavy atom. The molecular formula is C9H13F3N2O5. The predicted molar refractivity (Wildman–Crippen MR) is 54.9 cm³/mol. The zero-order valence-electron chi connectivity index (χ0n) is 9.70. The van der Waals surface area contributed by atoms with Crippen molar-refractivity contribution in [3.8, 4) is 0 Å². The van der Waals surface area contributed by atoms with Crippen LogP contribution in [-0.4, -0.2) is 48.3 Å². The molecule has 0 aromatic carbocycles. The molecule has 0 rings (SSSR count). The number of nitrogens with two attached hydrogens (primary N) is 1. The van der Waals surface area contributed by atoms with Gasteiger partial charge in [-0.1, -0.05) is 0 Å². The Hall–Kier alpha value is -1.84. The van der Waals surface area contributed by atoms with Gasteiger partial charge in [0, 0.05) is 6.42 Å². The lowest BCUT2D eigenvalue weighted by Gasteiger charge is -2.14. The molecule has 7 nitrogen and oxygen atoms in total. The number of nitrogens with one attached hydrogen (secondary N) is 1. The molecule has 0 aliphatic rings. The average Bonchev–Trinajstić information content (AvgIpc) is 2.21. The predicted octanol–water partition coefficient (Wildman–Crippen LogP) is -0.600. The number of primary amides is 1. The molecule has 0 radical (unpaired) electrons. The quantitative estimate of drug-likeness (QED) is 0.550. The van der Waals surface area contributed by atoms with Gasteiger partial charge in [0.1, 0.15) is 19.3 Å². The third kappa shape index (κ3) is 9.83. The summed E-state index contributed by atoms with van der Waals surface area (Å²) in [7, 11) is 0. The van der Waals surface area contributed by atoms with Gasteiger partial charge in [0.25, 0.3) is 0 Å². The molecule has 0 bridgehead atoms. The van der Waals surface area contributed by atoms with Crippen molar-refractivity contribution in [3.63, 3.8) is 0 Å². The maximum absolute atomic E-state index is 11.7. The summed E-state index contributed by atoms with van der Waals surface area (Å²) in [4.78, 5) is 32.3. The molecule has 10 heteroatoms. The van der Waals surface area contributed by atoms with Crippen molar-refractivity contribution in [2.45, 2.75) is 25.1 Å². The van der Waals surface area contributed by atoms with Crippen LogP contribution in [0.3, 0.4) is 0 Å². The number of rotatable bonds is 8. The summed E-state index contributed by atoms with van der Waals surface area (Å²) >= 11 is 0. The number of amides is 2. The van der Waals surface area contributed by atoms with Crippen molar-refractivity contribution in [2.75, 3.05) is 13.2 Å². The number of hydrogen-bond donors (Lipinski definition) is 3. The van der Waals surface area contributed by atoms with E-state index in [1.165, 1.54) is 0 Å². The van der Waals surface area contributed by atoms with Crippen LogP contribution in [0.15, 0.2) is 0 Å². The molecule has 0 aliphatic heterocycles. The topological polar surface area (TPSA) is 119 Å². The Morgan fingerprint density at radius 3 is 2.32 bits per heavy atom. The first kappa shape index (κ1) is 17.2. The van der Waals surface area contributed by atoms with E-state index in [0.29, 0.717) is 0 Å². The first-order chi connectivity index (χ1) is 8.61. The second-order valence-electron chi connectivity index (χ2n) is 3.57. The molecular weight excluding hydrogens is 273 g/mol. The van der Waals surface area contributed by atoms with Gasteiger partial charge in [0.2, 0.25) is 11.8 Å². The van der Waals surface area contributed by atoms with E-state index < -0.39 is 43.2 Å². The molecule has 0 heterocycles. The van der Waals surface area contributed by atoms with Crippen molar-refractivity contribution >= 4 is 17.8 Å². The number of alkyl halides is 3. The molecule has 4 N–H and O–H groups in total. The van der Waals surface area contributed by atoms with Crippen LogP contribution in [0.5, 0.6) is 0 Å². The fraction of sp³-hybridized carbons (Fsp3) is 0.667. The SMILES string of the molecule is NC(=O)CC[C@@H](NC(=O)COCC(F)(F)F)C(=O)O. The molecule has 0 saturated carbocycles. The molecule has 0 aromatic heterocycles. The van der Waals surface area contributed by atoms with Gasteiger partial charge in [-0.2, -0.15) is 13.2 Å². The van der Waals surface area contributed by atoms with Gasteiger partial charge < -0.3 is 20.9 Å². The summed E-state index contributed by atoms with van der Waals surface area (Å²) in [6, 6.07) is -1.41. The minimum absolute atomic E-state index is 0.254. The minimum atomic E-state index is -4.57. The number of carboxylic acid groups (broad SMARTS) is 1. The molecule has 1 atom stereocenters. The summed E-state index contributed by atoms with van der Waals surface area (Å²) in [5.41, 5.74) is 4.81. The van der Waals surface area contributed by atoms with Gasteiger partial charge in [-0.15, -0.1) is 0 Å². The van der Waals surface area contributed by atoms with E-state index in [1.807, 2.05) is 5.32 Å². The van der Waals surface area contributed by atoms with Crippen LogP contribution >= 0.6 is 0 Å². The third-order valence-corrected chi connectivity index (χ3v) is 1.81. The maximum atomic E-state index is 11.7. The third-order valence-electron chi connectivity index (χ3n) is 1.81. The van der Waals surface area contributed by atoms with E-state index >= 15 is 0 Å². The Morgan fingerprint density at radius 2 is 1.89 bits per heavy atom. The fourth-order valence-electron chi connectivity index (χ4n) is 1.04. The number of ether oxygens (including phenoxy) is 1. The van der Waals surface area contributed by atoms with E-state index in [1.54, 1.807) is 0 Å². The van der Waals surface area contributed by atoms with Crippen LogP contribution in [0.4, 0.5) is 13.2 Å². The monoisotopic (exact) mass is 286 g/mol. The second kappa shape index (κ2) is 7.56. The Kier molecular flexibility index (Phi) is 6.83. The zero-order valence-corrected chi connectivity index (χ0v) is 9.70. The Bertz CT molecular complexity index is 345. The van der Waals surface area contributed by atoms with Crippen molar-refractivity contribution in [1.82, 2.24) is 5.32 Å². The molecule has 19 heavy (non-hydrogen) atoms. The highest BCUT2D eigenvalue weighted by molar-refractivity contribution is 5.84. The van der Waals surface area contributed by atoms with Gasteiger partial charge in [-0.3, -0.25) is 9.59 Å². The molecule has 0 aliphatic carbocycles. The molecule has 2 amide bonds. The van der Waals surface area contributed by atoms with Crippen molar-refractivity contribution in [1.29, 1.82) is 0 Å². The smallest absolute Gasteiger partial charge is 0.411 e. The molecule has 0 spiro atoms. The van der Waals surface area contributed by atoms with E-state index in [2.05, 4.69) is 4.74 Å². The molecule has 110 valence electrons. The van der Waals surface area contributed by atoms with Crippen LogP contribution in [0.25, 0.3) is 0 Å². The van der Waals surface area contributed by atoms with Crippen LogP contribution < -0.4 is 11.1 Å². The summed E-state index contributed by atoms with van der Waals surface area (Å²) in [5, 5.41) is 10.6. The van der Waals surface area contributed by atoms with Crippen LogP contribution in [0, 0.1) is 0 Å². The zero-order chi connectivity index (χ0) is 15.1. The molecule has 0 aromatic rings. The summed E-state index contributed by atoms with van der Waals surface area (Å²) in [6.07, 6.45) is -5.10. The van der Waals surface area contributed by atoms with Gasteiger partial charge in [-0.05, 0) is 6.42 Å². The first-order valence-corrected chi connectivity index (χ1v) is 5.07. The Labute approximate surface area is 105 Å². The number of hydrogen-bond acceptors (Lipinski definition) is 4. The van der Waals surface area contributed by atoms with E-state index in [4.69, 9.17) is 10.8 Å². The minimum Gasteiger partial charge on any atom is -0.480 e. The number of carbonyl (C=O) groups is 3. The highest BCUT2D eigenvalue weighted by atomic mass is 19.4. The summed E-state index contributed by atoms with van der Waals surface area (Å²) in [6.45, 7) is -2.54. The fourth-order valence-corrected chi connectivity index (χ4v) is 1.04. The second-order valence-corrected chi connectivity index (χ2v) is 3.57. The number of aliphatic carboxylic acids is 1.